The molecular formula is C16H16N2O4S3. The molecule has 0 amide bonds. The summed E-state index contributed by atoms with van der Waals surface area (Å²) in [5.41, 5.74) is 0.729. The summed E-state index contributed by atoms with van der Waals surface area (Å²) in [6.45, 7) is 4.14. The molecule has 3 aromatic rings. The minimum Gasteiger partial charge on any atom is -0.495 e. The third-order valence-electron chi connectivity index (χ3n) is 3.45. The highest BCUT2D eigenvalue weighted by Crippen LogP contribution is 2.35. The van der Waals surface area contributed by atoms with Crippen LogP contribution in [0, 0.1) is 0 Å². The predicted molar refractivity (Wildman–Crippen MR) is 100 cm³/mol. The van der Waals surface area contributed by atoms with Crippen molar-refractivity contribution in [3.05, 3.63) is 47.1 Å². The van der Waals surface area contributed by atoms with Gasteiger partial charge in [-0.2, -0.15) is 8.42 Å². The summed E-state index contributed by atoms with van der Waals surface area (Å²) >= 11 is 2.37. The first-order valence-electron chi connectivity index (χ1n) is 7.21. The summed E-state index contributed by atoms with van der Waals surface area (Å²) in [5, 5.41) is 1.71. The van der Waals surface area contributed by atoms with Crippen LogP contribution in [0.4, 0.5) is 0 Å². The molecular weight excluding hydrogens is 380 g/mol. The van der Waals surface area contributed by atoms with Crippen LogP contribution >= 0.6 is 22.7 Å². The fourth-order valence-corrected chi connectivity index (χ4v) is 5.70. The average Bonchev–Trinajstić information content (AvgIpc) is 3.24. The number of hydrogen-bond acceptors (Lipinski definition) is 6. The van der Waals surface area contributed by atoms with Gasteiger partial charge < -0.3 is 14.0 Å². The Morgan fingerprint density at radius 3 is 2.56 bits per heavy atom. The molecule has 25 heavy (non-hydrogen) atoms. The normalized spacial score (nSPS) is 12.5. The van der Waals surface area contributed by atoms with Crippen LogP contribution in [-0.2, 0) is 16.6 Å². The second kappa shape index (κ2) is 7.03. The summed E-state index contributed by atoms with van der Waals surface area (Å²) in [5.74, 6) is 1.25. The molecule has 0 saturated heterocycles. The topological polar surface area (TPSA) is 69.9 Å². The lowest BCUT2D eigenvalue weighted by Crippen LogP contribution is -2.16. The number of nitrogens with zero attached hydrogens (tertiary/aromatic N) is 2. The van der Waals surface area contributed by atoms with Crippen LogP contribution in [0.3, 0.4) is 0 Å². The number of thiophene rings is 1. The standard InChI is InChI=1S/C16H16N2O4S3/c1-4-9-18-14-11(21-2)7-8-12(22-3)15(14)24-16(18)17-25(19,20)13-6-5-10-23-13/h4-8,10H,1,9H2,2-3H3/b17-16-. The summed E-state index contributed by atoms with van der Waals surface area (Å²) < 4.78 is 42.7. The van der Waals surface area contributed by atoms with E-state index in [4.69, 9.17) is 9.47 Å². The Balaban J connectivity index is 2.37. The van der Waals surface area contributed by atoms with Crippen molar-refractivity contribution in [2.75, 3.05) is 14.2 Å². The van der Waals surface area contributed by atoms with E-state index in [-0.39, 0.29) is 4.21 Å². The van der Waals surface area contributed by atoms with E-state index in [0.717, 1.165) is 21.6 Å². The van der Waals surface area contributed by atoms with Gasteiger partial charge in [0.25, 0.3) is 10.0 Å². The number of rotatable bonds is 6. The zero-order valence-electron chi connectivity index (χ0n) is 13.6. The molecule has 0 aliphatic rings. The van der Waals surface area contributed by atoms with Gasteiger partial charge in [0.15, 0.2) is 0 Å². The molecule has 6 nitrogen and oxygen atoms in total. The zero-order valence-corrected chi connectivity index (χ0v) is 16.1. The molecule has 0 fully saturated rings. The SMILES string of the molecule is C=CCn1/c(=N/S(=O)(=O)c2cccs2)sc2c(OC)ccc(OC)c21. The van der Waals surface area contributed by atoms with E-state index in [1.54, 1.807) is 48.4 Å². The maximum atomic E-state index is 12.6. The number of allylic oxidation sites excluding steroid dienone is 1. The Morgan fingerprint density at radius 1 is 1.24 bits per heavy atom. The molecule has 9 heteroatoms. The van der Waals surface area contributed by atoms with Crippen LogP contribution in [0.15, 0.2) is 50.9 Å². The number of hydrogen-bond donors (Lipinski definition) is 0. The molecule has 0 spiro atoms. The van der Waals surface area contributed by atoms with Gasteiger partial charge in [-0.25, -0.2) is 0 Å². The molecule has 3 rings (SSSR count). The van der Waals surface area contributed by atoms with Crippen LogP contribution in [0.2, 0.25) is 0 Å². The summed E-state index contributed by atoms with van der Waals surface area (Å²) in [6, 6.07) is 6.79. The number of benzene rings is 1. The smallest absolute Gasteiger partial charge is 0.294 e. The zero-order chi connectivity index (χ0) is 18.0. The fraction of sp³-hybridized carbons (Fsp3) is 0.188. The Hall–Kier alpha value is -2.10. The molecule has 0 atom stereocenters. The molecule has 1 aromatic carbocycles. The third kappa shape index (κ3) is 3.22. The van der Waals surface area contributed by atoms with Gasteiger partial charge in [-0.1, -0.05) is 23.5 Å². The minimum absolute atomic E-state index is 0.203. The van der Waals surface area contributed by atoms with E-state index in [1.165, 1.54) is 17.4 Å². The van der Waals surface area contributed by atoms with Gasteiger partial charge in [0.2, 0.25) is 4.80 Å². The molecule has 0 unspecified atom stereocenters. The fourth-order valence-electron chi connectivity index (χ4n) is 2.38. The maximum absolute atomic E-state index is 12.6. The highest BCUT2D eigenvalue weighted by atomic mass is 32.2. The van der Waals surface area contributed by atoms with Crippen molar-refractivity contribution in [1.82, 2.24) is 4.57 Å². The van der Waals surface area contributed by atoms with Gasteiger partial charge in [0.1, 0.15) is 25.9 Å². The van der Waals surface area contributed by atoms with Crippen molar-refractivity contribution >= 4 is 42.9 Å². The Bertz CT molecular complexity index is 1080. The molecule has 0 aliphatic carbocycles. The van der Waals surface area contributed by atoms with Crippen LogP contribution in [0.1, 0.15) is 0 Å². The molecule has 132 valence electrons. The van der Waals surface area contributed by atoms with E-state index in [0.29, 0.717) is 22.8 Å². The van der Waals surface area contributed by atoms with Gasteiger partial charge in [0, 0.05) is 6.54 Å². The minimum atomic E-state index is -3.78. The van der Waals surface area contributed by atoms with Gasteiger partial charge in [-0.15, -0.1) is 22.3 Å². The summed E-state index contributed by atoms with van der Waals surface area (Å²) in [4.78, 5) is 0.339. The number of methoxy groups -OCH3 is 2. The number of fused-ring (bicyclic) bond motifs is 1. The first kappa shape index (κ1) is 17.7. The highest BCUT2D eigenvalue weighted by molar-refractivity contribution is 7.92. The number of sulfonamides is 1. The Morgan fingerprint density at radius 2 is 1.96 bits per heavy atom. The largest absolute Gasteiger partial charge is 0.495 e. The average molecular weight is 397 g/mol. The first-order chi connectivity index (χ1) is 12.0. The van der Waals surface area contributed by atoms with E-state index in [2.05, 4.69) is 11.0 Å². The van der Waals surface area contributed by atoms with E-state index < -0.39 is 10.0 Å². The molecule has 0 saturated carbocycles. The third-order valence-corrected chi connectivity index (χ3v) is 7.30. The number of ether oxygens (including phenoxy) is 2. The number of thiazole rings is 1. The van der Waals surface area contributed by atoms with E-state index in [9.17, 15) is 8.42 Å². The van der Waals surface area contributed by atoms with Crippen LogP contribution < -0.4 is 14.3 Å². The van der Waals surface area contributed by atoms with Crippen molar-refractivity contribution in [2.45, 2.75) is 10.8 Å². The monoisotopic (exact) mass is 396 g/mol. The lowest BCUT2D eigenvalue weighted by molar-refractivity contribution is 0.409. The maximum Gasteiger partial charge on any atom is 0.294 e. The molecule has 2 aromatic heterocycles. The highest BCUT2D eigenvalue weighted by Gasteiger charge is 2.19. The molecule has 0 N–H and O–H groups in total. The van der Waals surface area contributed by atoms with Gasteiger partial charge in [-0.05, 0) is 23.6 Å². The van der Waals surface area contributed by atoms with Crippen molar-refractivity contribution in [3.8, 4) is 11.5 Å². The summed E-state index contributed by atoms with van der Waals surface area (Å²) in [6.07, 6.45) is 1.68. The lowest BCUT2D eigenvalue weighted by Gasteiger charge is -2.08. The van der Waals surface area contributed by atoms with E-state index in [1.807, 2.05) is 0 Å². The Labute approximate surface area is 153 Å². The molecule has 0 aliphatic heterocycles. The second-order valence-electron chi connectivity index (χ2n) is 4.93. The first-order valence-corrected chi connectivity index (χ1v) is 10.3. The van der Waals surface area contributed by atoms with Crippen molar-refractivity contribution in [3.63, 3.8) is 0 Å². The Kier molecular flexibility index (Phi) is 4.98. The van der Waals surface area contributed by atoms with Crippen molar-refractivity contribution in [2.24, 2.45) is 4.40 Å². The quantitative estimate of drug-likeness (QED) is 0.600. The lowest BCUT2D eigenvalue weighted by atomic mass is 10.3. The van der Waals surface area contributed by atoms with E-state index >= 15 is 0 Å². The second-order valence-corrected chi connectivity index (χ2v) is 8.69. The van der Waals surface area contributed by atoms with Crippen molar-refractivity contribution in [1.29, 1.82) is 0 Å². The van der Waals surface area contributed by atoms with Gasteiger partial charge in [0.05, 0.1) is 14.2 Å². The van der Waals surface area contributed by atoms with Crippen LogP contribution in [-0.4, -0.2) is 27.2 Å². The van der Waals surface area contributed by atoms with Gasteiger partial charge >= 0.3 is 0 Å². The van der Waals surface area contributed by atoms with Crippen LogP contribution in [0.25, 0.3) is 10.2 Å². The molecule has 0 bridgehead atoms. The van der Waals surface area contributed by atoms with Gasteiger partial charge in [-0.3, -0.25) is 0 Å². The summed E-state index contributed by atoms with van der Waals surface area (Å²) in [7, 11) is -0.647. The molecule has 2 heterocycles. The van der Waals surface area contributed by atoms with Crippen molar-refractivity contribution < 1.29 is 17.9 Å². The number of aromatic nitrogens is 1. The molecule has 0 radical (unpaired) electrons. The van der Waals surface area contributed by atoms with Crippen LogP contribution in [0.5, 0.6) is 11.5 Å². The predicted octanol–water partition coefficient (Wildman–Crippen LogP) is 3.26.